The van der Waals surface area contributed by atoms with E-state index < -0.39 is 5.97 Å². The molecule has 1 unspecified atom stereocenters. The van der Waals surface area contributed by atoms with Gasteiger partial charge in [-0.05, 0) is 24.7 Å². The molecule has 1 atom stereocenters. The second-order valence-corrected chi connectivity index (χ2v) is 6.20. The van der Waals surface area contributed by atoms with Gasteiger partial charge in [-0.25, -0.2) is 0 Å². The fraction of sp³-hybridized carbons (Fsp3) is 0.941. The fourth-order valence-corrected chi connectivity index (χ4v) is 2.69. The molecule has 0 aliphatic carbocycles. The van der Waals surface area contributed by atoms with Gasteiger partial charge in [-0.15, -0.1) is 0 Å². The van der Waals surface area contributed by atoms with Crippen molar-refractivity contribution in [2.45, 2.75) is 91.4 Å². The molecular weight excluding hydrogens is 236 g/mol. The minimum absolute atomic E-state index is 0.334. The smallest absolute Gasteiger partial charge is 0.303 e. The standard InChI is InChI=1S/C17H34O2/c1-4-5-6-7-8-9-10-12-16(15(2)3)13-11-14-17(18)19/h15-16H,4-14H2,1-3H3,(H,18,19). The fourth-order valence-electron chi connectivity index (χ4n) is 2.69. The molecule has 0 aromatic carbocycles. The summed E-state index contributed by atoms with van der Waals surface area (Å²) in [5.41, 5.74) is 0. The number of unbranched alkanes of at least 4 members (excludes halogenated alkanes) is 6. The van der Waals surface area contributed by atoms with Crippen LogP contribution < -0.4 is 0 Å². The van der Waals surface area contributed by atoms with Gasteiger partial charge in [-0.1, -0.05) is 72.1 Å². The minimum atomic E-state index is -0.654. The Kier molecular flexibility index (Phi) is 12.2. The van der Waals surface area contributed by atoms with E-state index in [1.54, 1.807) is 0 Å². The summed E-state index contributed by atoms with van der Waals surface area (Å²) >= 11 is 0. The second-order valence-electron chi connectivity index (χ2n) is 6.20. The van der Waals surface area contributed by atoms with Crippen LogP contribution in [0.5, 0.6) is 0 Å². The SMILES string of the molecule is CCCCCCCCCC(CCCC(=O)O)C(C)C. The zero-order valence-corrected chi connectivity index (χ0v) is 13.3. The van der Waals surface area contributed by atoms with Crippen LogP contribution in [0.1, 0.15) is 91.4 Å². The van der Waals surface area contributed by atoms with Crippen molar-refractivity contribution in [1.29, 1.82) is 0 Å². The molecule has 0 amide bonds. The van der Waals surface area contributed by atoms with Crippen molar-refractivity contribution in [3.05, 3.63) is 0 Å². The Morgan fingerprint density at radius 1 is 0.895 bits per heavy atom. The van der Waals surface area contributed by atoms with Crippen molar-refractivity contribution in [2.75, 3.05) is 0 Å². The number of carbonyl (C=O) groups is 1. The van der Waals surface area contributed by atoms with Crippen LogP contribution in [0.2, 0.25) is 0 Å². The average molecular weight is 270 g/mol. The number of carboxylic acid groups (broad SMARTS) is 1. The molecule has 0 rings (SSSR count). The van der Waals surface area contributed by atoms with Gasteiger partial charge in [0.05, 0.1) is 0 Å². The van der Waals surface area contributed by atoms with Gasteiger partial charge in [0.25, 0.3) is 0 Å². The Morgan fingerprint density at radius 2 is 1.42 bits per heavy atom. The first-order valence-electron chi connectivity index (χ1n) is 8.29. The van der Waals surface area contributed by atoms with Crippen LogP contribution in [0.3, 0.4) is 0 Å². The first-order valence-corrected chi connectivity index (χ1v) is 8.29. The van der Waals surface area contributed by atoms with Crippen LogP contribution in [0.4, 0.5) is 0 Å². The van der Waals surface area contributed by atoms with Gasteiger partial charge in [0.15, 0.2) is 0 Å². The lowest BCUT2D eigenvalue weighted by Crippen LogP contribution is -2.09. The van der Waals surface area contributed by atoms with E-state index in [0.717, 1.165) is 18.8 Å². The summed E-state index contributed by atoms with van der Waals surface area (Å²) in [6.07, 6.45) is 13.1. The number of hydrogen-bond acceptors (Lipinski definition) is 1. The Hall–Kier alpha value is -0.530. The lowest BCUT2D eigenvalue weighted by atomic mass is 9.86. The molecule has 0 saturated heterocycles. The van der Waals surface area contributed by atoms with Gasteiger partial charge in [-0.3, -0.25) is 4.79 Å². The van der Waals surface area contributed by atoms with E-state index in [1.165, 1.54) is 51.4 Å². The molecule has 0 spiro atoms. The number of rotatable bonds is 13. The highest BCUT2D eigenvalue weighted by molar-refractivity contribution is 5.66. The van der Waals surface area contributed by atoms with E-state index in [9.17, 15) is 4.79 Å². The summed E-state index contributed by atoms with van der Waals surface area (Å²) in [7, 11) is 0. The summed E-state index contributed by atoms with van der Waals surface area (Å²) in [6, 6.07) is 0. The van der Waals surface area contributed by atoms with Gasteiger partial charge in [0, 0.05) is 6.42 Å². The molecule has 19 heavy (non-hydrogen) atoms. The molecule has 2 nitrogen and oxygen atoms in total. The van der Waals surface area contributed by atoms with E-state index in [0.29, 0.717) is 12.3 Å². The first kappa shape index (κ1) is 18.5. The van der Waals surface area contributed by atoms with Gasteiger partial charge >= 0.3 is 5.97 Å². The first-order chi connectivity index (χ1) is 9.07. The average Bonchev–Trinajstić information content (AvgIpc) is 2.34. The van der Waals surface area contributed by atoms with Crippen LogP contribution in [0.25, 0.3) is 0 Å². The molecule has 0 saturated carbocycles. The van der Waals surface area contributed by atoms with Gasteiger partial charge < -0.3 is 5.11 Å². The molecule has 0 aromatic heterocycles. The van der Waals surface area contributed by atoms with E-state index >= 15 is 0 Å². The molecule has 0 aromatic rings. The molecule has 0 fully saturated rings. The summed E-state index contributed by atoms with van der Waals surface area (Å²) in [4.78, 5) is 10.5. The zero-order chi connectivity index (χ0) is 14.5. The summed E-state index contributed by atoms with van der Waals surface area (Å²) in [5, 5.41) is 8.68. The van der Waals surface area contributed by atoms with Gasteiger partial charge in [0.1, 0.15) is 0 Å². The molecule has 2 heteroatoms. The molecule has 0 bridgehead atoms. The van der Waals surface area contributed by atoms with Crippen molar-refractivity contribution < 1.29 is 9.90 Å². The number of aliphatic carboxylic acids is 1. The molecule has 0 aliphatic rings. The Labute approximate surface area is 120 Å². The van der Waals surface area contributed by atoms with Crippen LogP contribution >= 0.6 is 0 Å². The third-order valence-electron chi connectivity index (χ3n) is 4.09. The summed E-state index contributed by atoms with van der Waals surface area (Å²) in [5.74, 6) is 0.752. The third kappa shape index (κ3) is 12.3. The van der Waals surface area contributed by atoms with E-state index in [4.69, 9.17) is 5.11 Å². The quantitative estimate of drug-likeness (QED) is 0.439. The highest BCUT2D eigenvalue weighted by atomic mass is 16.4. The van der Waals surface area contributed by atoms with Crippen molar-refractivity contribution in [3.8, 4) is 0 Å². The van der Waals surface area contributed by atoms with Crippen molar-refractivity contribution in [2.24, 2.45) is 11.8 Å². The third-order valence-corrected chi connectivity index (χ3v) is 4.09. The predicted octanol–water partition coefficient (Wildman–Crippen LogP) is 5.65. The lowest BCUT2D eigenvalue weighted by molar-refractivity contribution is -0.137. The molecule has 114 valence electrons. The summed E-state index contributed by atoms with van der Waals surface area (Å²) < 4.78 is 0. The van der Waals surface area contributed by atoms with Crippen LogP contribution in [-0.4, -0.2) is 11.1 Å². The predicted molar refractivity (Wildman–Crippen MR) is 82.4 cm³/mol. The number of hydrogen-bond donors (Lipinski definition) is 1. The highest BCUT2D eigenvalue weighted by Crippen LogP contribution is 2.24. The van der Waals surface area contributed by atoms with Crippen molar-refractivity contribution >= 4 is 5.97 Å². The van der Waals surface area contributed by atoms with Crippen LogP contribution in [0, 0.1) is 11.8 Å². The van der Waals surface area contributed by atoms with E-state index in [2.05, 4.69) is 20.8 Å². The monoisotopic (exact) mass is 270 g/mol. The lowest BCUT2D eigenvalue weighted by Gasteiger charge is -2.20. The van der Waals surface area contributed by atoms with Crippen molar-refractivity contribution in [1.82, 2.24) is 0 Å². The Balaban J connectivity index is 3.56. The highest BCUT2D eigenvalue weighted by Gasteiger charge is 2.13. The second kappa shape index (κ2) is 12.5. The van der Waals surface area contributed by atoms with E-state index in [-0.39, 0.29) is 0 Å². The molecule has 0 aliphatic heterocycles. The normalized spacial score (nSPS) is 12.8. The maximum atomic E-state index is 10.5. The Bertz CT molecular complexity index is 211. The molecule has 1 N–H and O–H groups in total. The molecular formula is C17H34O2. The van der Waals surface area contributed by atoms with Crippen LogP contribution in [-0.2, 0) is 4.79 Å². The Morgan fingerprint density at radius 3 is 1.95 bits per heavy atom. The topological polar surface area (TPSA) is 37.3 Å². The largest absolute Gasteiger partial charge is 0.481 e. The molecule has 0 heterocycles. The van der Waals surface area contributed by atoms with E-state index in [1.807, 2.05) is 0 Å². The van der Waals surface area contributed by atoms with Crippen molar-refractivity contribution in [3.63, 3.8) is 0 Å². The maximum Gasteiger partial charge on any atom is 0.303 e. The zero-order valence-electron chi connectivity index (χ0n) is 13.3. The number of carboxylic acids is 1. The van der Waals surface area contributed by atoms with Gasteiger partial charge in [-0.2, -0.15) is 0 Å². The minimum Gasteiger partial charge on any atom is -0.481 e. The van der Waals surface area contributed by atoms with Gasteiger partial charge in [0.2, 0.25) is 0 Å². The molecule has 0 radical (unpaired) electrons. The van der Waals surface area contributed by atoms with Crippen LogP contribution in [0.15, 0.2) is 0 Å². The summed E-state index contributed by atoms with van der Waals surface area (Å²) in [6.45, 7) is 6.80. The maximum absolute atomic E-state index is 10.5.